The maximum Gasteiger partial charge on any atom is 0.267 e. The fraction of sp³-hybridized carbons (Fsp3) is 0.450. The Kier molecular flexibility index (Phi) is 5.26. The lowest BCUT2D eigenvalue weighted by Crippen LogP contribution is -2.51. The molecule has 1 aromatic heterocycles. The van der Waals surface area contributed by atoms with E-state index in [1.54, 1.807) is 6.20 Å². The van der Waals surface area contributed by atoms with Crippen LogP contribution >= 0.6 is 11.6 Å². The van der Waals surface area contributed by atoms with Crippen molar-refractivity contribution < 1.29 is 9.63 Å². The minimum absolute atomic E-state index is 0.00466. The van der Waals surface area contributed by atoms with Gasteiger partial charge in [0.2, 0.25) is 6.10 Å². The summed E-state index contributed by atoms with van der Waals surface area (Å²) in [5, 5.41) is 9.25. The lowest BCUT2D eigenvalue weighted by atomic mass is 10.0. The maximum atomic E-state index is 12.9. The van der Waals surface area contributed by atoms with E-state index in [1.807, 2.05) is 47.7 Å². The highest BCUT2D eigenvalue weighted by Gasteiger charge is 2.34. The molecule has 2 aliphatic rings. The lowest BCUT2D eigenvalue weighted by Gasteiger charge is -2.36. The summed E-state index contributed by atoms with van der Waals surface area (Å²) in [5.41, 5.74) is 3.90. The number of oxime groups is 1. The third-order valence-corrected chi connectivity index (χ3v) is 5.66. The molecule has 1 saturated heterocycles. The van der Waals surface area contributed by atoms with Crippen molar-refractivity contribution in [3.63, 3.8) is 0 Å². The van der Waals surface area contributed by atoms with Crippen molar-refractivity contribution in [3.05, 3.63) is 46.7 Å². The molecule has 28 heavy (non-hydrogen) atoms. The van der Waals surface area contributed by atoms with Crippen LogP contribution in [0.5, 0.6) is 0 Å². The van der Waals surface area contributed by atoms with Gasteiger partial charge in [-0.2, -0.15) is 5.10 Å². The fourth-order valence-electron chi connectivity index (χ4n) is 3.78. The third-order valence-electron chi connectivity index (χ3n) is 5.42. The van der Waals surface area contributed by atoms with E-state index in [1.165, 1.54) is 0 Å². The Bertz CT molecular complexity index is 902. The zero-order valence-corrected chi connectivity index (χ0v) is 16.9. The first kappa shape index (κ1) is 18.8. The standard InChI is InChI=1S/C20H24ClN5O2/c1-3-26-14(2)17(13-22-26)18-12-19(28-23-18)20(27)25-9-7-24(8-10-25)16-6-4-5-15(21)11-16/h4-6,11,13,19H,3,7-10,12H2,1-2H3. The summed E-state index contributed by atoms with van der Waals surface area (Å²) < 4.78 is 1.92. The number of benzene rings is 1. The monoisotopic (exact) mass is 401 g/mol. The largest absolute Gasteiger partial charge is 0.382 e. The van der Waals surface area contributed by atoms with Crippen LogP contribution in [0.3, 0.4) is 0 Å². The normalized spacial score (nSPS) is 19.5. The lowest BCUT2D eigenvalue weighted by molar-refractivity contribution is -0.142. The van der Waals surface area contributed by atoms with Crippen LogP contribution in [0.2, 0.25) is 5.02 Å². The van der Waals surface area contributed by atoms with Crippen molar-refractivity contribution in [1.29, 1.82) is 0 Å². The molecule has 2 aromatic rings. The van der Waals surface area contributed by atoms with Crippen molar-refractivity contribution in [1.82, 2.24) is 14.7 Å². The van der Waals surface area contributed by atoms with Gasteiger partial charge in [-0.15, -0.1) is 0 Å². The molecule has 0 aliphatic carbocycles. The summed E-state index contributed by atoms with van der Waals surface area (Å²) in [6.07, 6.45) is 1.75. The molecule has 7 nitrogen and oxygen atoms in total. The molecule has 4 rings (SSSR count). The Morgan fingerprint density at radius 2 is 2.07 bits per heavy atom. The van der Waals surface area contributed by atoms with Gasteiger partial charge in [-0.3, -0.25) is 9.48 Å². The molecule has 1 unspecified atom stereocenters. The first-order chi connectivity index (χ1) is 13.6. The number of hydrogen-bond acceptors (Lipinski definition) is 5. The second kappa shape index (κ2) is 7.83. The van der Waals surface area contributed by atoms with Crippen molar-refractivity contribution in [2.75, 3.05) is 31.1 Å². The van der Waals surface area contributed by atoms with E-state index >= 15 is 0 Å². The molecular formula is C20H24ClN5O2. The summed E-state index contributed by atoms with van der Waals surface area (Å²) in [5.74, 6) is 0.00466. The van der Waals surface area contributed by atoms with E-state index in [0.29, 0.717) is 19.5 Å². The summed E-state index contributed by atoms with van der Waals surface area (Å²) in [4.78, 5) is 22.5. The number of piperazine rings is 1. The van der Waals surface area contributed by atoms with Gasteiger partial charge >= 0.3 is 0 Å². The third kappa shape index (κ3) is 3.58. The van der Waals surface area contributed by atoms with Gasteiger partial charge in [-0.05, 0) is 32.0 Å². The highest BCUT2D eigenvalue weighted by atomic mass is 35.5. The average molecular weight is 402 g/mol. The molecule has 0 N–H and O–H groups in total. The van der Waals surface area contributed by atoms with E-state index in [2.05, 4.69) is 15.2 Å². The highest BCUT2D eigenvalue weighted by Crippen LogP contribution is 2.23. The van der Waals surface area contributed by atoms with Crippen molar-refractivity contribution in [2.24, 2.45) is 5.16 Å². The molecule has 0 bridgehead atoms. The van der Waals surface area contributed by atoms with Crippen LogP contribution in [0.25, 0.3) is 0 Å². The maximum absolute atomic E-state index is 12.9. The van der Waals surface area contributed by atoms with Gasteiger partial charge in [0, 0.05) is 61.1 Å². The van der Waals surface area contributed by atoms with Crippen molar-refractivity contribution >= 4 is 28.9 Å². The SMILES string of the molecule is CCn1ncc(C2=NOC(C(=O)N3CCN(c4cccc(Cl)c4)CC3)C2)c1C. The molecule has 3 heterocycles. The minimum atomic E-state index is -0.544. The molecule has 1 fully saturated rings. The van der Waals surface area contributed by atoms with Crippen LogP contribution in [0, 0.1) is 6.92 Å². The van der Waals surface area contributed by atoms with Gasteiger partial charge < -0.3 is 14.6 Å². The van der Waals surface area contributed by atoms with E-state index in [9.17, 15) is 4.79 Å². The number of rotatable bonds is 4. The Labute approximate surface area is 169 Å². The van der Waals surface area contributed by atoms with Crippen LogP contribution in [0.4, 0.5) is 5.69 Å². The second-order valence-corrected chi connectivity index (χ2v) is 7.52. The number of aromatic nitrogens is 2. The summed E-state index contributed by atoms with van der Waals surface area (Å²) >= 11 is 6.09. The van der Waals surface area contributed by atoms with Gasteiger partial charge in [0.1, 0.15) is 0 Å². The zero-order valence-electron chi connectivity index (χ0n) is 16.1. The molecule has 2 aliphatic heterocycles. The summed E-state index contributed by atoms with van der Waals surface area (Å²) in [7, 11) is 0. The number of carbonyl (C=O) groups is 1. The summed E-state index contributed by atoms with van der Waals surface area (Å²) in [6, 6.07) is 7.81. The van der Waals surface area contributed by atoms with Gasteiger partial charge in [0.25, 0.3) is 5.91 Å². The van der Waals surface area contributed by atoms with E-state index in [0.717, 1.165) is 47.3 Å². The number of hydrogen-bond donors (Lipinski definition) is 0. The predicted octanol–water partition coefficient (Wildman–Crippen LogP) is 2.71. The molecule has 0 saturated carbocycles. The van der Waals surface area contributed by atoms with Gasteiger partial charge in [-0.25, -0.2) is 0 Å². The predicted molar refractivity (Wildman–Crippen MR) is 109 cm³/mol. The van der Waals surface area contributed by atoms with Crippen molar-refractivity contribution in [2.45, 2.75) is 32.9 Å². The average Bonchev–Trinajstić information content (AvgIpc) is 3.34. The van der Waals surface area contributed by atoms with Crippen LogP contribution in [0.1, 0.15) is 24.6 Å². The number of aryl methyl sites for hydroxylation is 1. The Morgan fingerprint density at radius 1 is 1.29 bits per heavy atom. The first-order valence-electron chi connectivity index (χ1n) is 9.61. The fourth-order valence-corrected chi connectivity index (χ4v) is 3.96. The van der Waals surface area contributed by atoms with Crippen molar-refractivity contribution in [3.8, 4) is 0 Å². The number of halogens is 1. The molecule has 0 spiro atoms. The molecule has 1 atom stereocenters. The van der Waals surface area contributed by atoms with Crippen LogP contribution in [-0.2, 0) is 16.2 Å². The summed E-state index contributed by atoms with van der Waals surface area (Å²) in [6.45, 7) is 7.73. The Balaban J connectivity index is 1.34. The van der Waals surface area contributed by atoms with Crippen LogP contribution < -0.4 is 4.90 Å². The van der Waals surface area contributed by atoms with E-state index in [4.69, 9.17) is 16.4 Å². The van der Waals surface area contributed by atoms with E-state index < -0.39 is 6.10 Å². The molecule has 8 heteroatoms. The quantitative estimate of drug-likeness (QED) is 0.790. The van der Waals surface area contributed by atoms with Gasteiger partial charge in [-0.1, -0.05) is 22.8 Å². The number of anilines is 1. The van der Waals surface area contributed by atoms with Gasteiger partial charge in [0.15, 0.2) is 0 Å². The highest BCUT2D eigenvalue weighted by molar-refractivity contribution is 6.30. The van der Waals surface area contributed by atoms with Gasteiger partial charge in [0.05, 0.1) is 11.9 Å². The minimum Gasteiger partial charge on any atom is -0.382 e. The molecular weight excluding hydrogens is 378 g/mol. The topological polar surface area (TPSA) is 63.0 Å². The zero-order chi connectivity index (χ0) is 19.7. The van der Waals surface area contributed by atoms with Crippen LogP contribution in [-0.4, -0.2) is 58.6 Å². The Hall–Kier alpha value is -2.54. The second-order valence-electron chi connectivity index (χ2n) is 7.09. The first-order valence-corrected chi connectivity index (χ1v) is 9.99. The number of carbonyl (C=O) groups excluding carboxylic acids is 1. The Morgan fingerprint density at radius 3 is 2.75 bits per heavy atom. The number of amides is 1. The molecule has 1 amide bonds. The van der Waals surface area contributed by atoms with Crippen LogP contribution in [0.15, 0.2) is 35.6 Å². The molecule has 1 aromatic carbocycles. The molecule has 148 valence electrons. The number of nitrogens with zero attached hydrogens (tertiary/aromatic N) is 5. The van der Waals surface area contributed by atoms with E-state index in [-0.39, 0.29) is 5.91 Å². The molecule has 0 radical (unpaired) electrons. The smallest absolute Gasteiger partial charge is 0.267 e.